The van der Waals surface area contributed by atoms with Crippen LogP contribution >= 0.6 is 24.0 Å². The van der Waals surface area contributed by atoms with E-state index in [0.717, 1.165) is 17.9 Å². The number of hydrogen-bond acceptors (Lipinski definition) is 5. The van der Waals surface area contributed by atoms with Crippen LogP contribution in [0, 0.1) is 0 Å². The molecule has 0 amide bonds. The molecule has 0 aromatic carbocycles. The molecule has 1 unspecified atom stereocenters. The van der Waals surface area contributed by atoms with Gasteiger partial charge in [-0.2, -0.15) is 0 Å². The van der Waals surface area contributed by atoms with Crippen LogP contribution in [0.2, 0.25) is 0 Å². The van der Waals surface area contributed by atoms with Gasteiger partial charge in [0.1, 0.15) is 15.7 Å². The van der Waals surface area contributed by atoms with Crippen molar-refractivity contribution in [2.75, 3.05) is 37.5 Å². The van der Waals surface area contributed by atoms with Crippen molar-refractivity contribution in [1.29, 1.82) is 0 Å². The molecule has 25 heavy (non-hydrogen) atoms. The number of hydrogen-bond donors (Lipinski definition) is 2. The van der Waals surface area contributed by atoms with Gasteiger partial charge < -0.3 is 15.5 Å². The average Bonchev–Trinajstić information content (AvgIpc) is 2.50. The highest BCUT2D eigenvalue weighted by atomic mass is 127. The molecular weight excluding hydrogens is 453 g/mol. The zero-order valence-corrected chi connectivity index (χ0v) is 18.8. The Bertz CT molecular complexity index is 650. The largest absolute Gasteiger partial charge is 0.363 e. The summed E-state index contributed by atoms with van der Waals surface area (Å²) in [5.41, 5.74) is 1.06. The molecule has 1 rings (SSSR count). The zero-order valence-electron chi connectivity index (χ0n) is 15.6. The normalized spacial score (nSPS) is 12.9. The fourth-order valence-corrected chi connectivity index (χ4v) is 2.77. The Kier molecular flexibility index (Phi) is 11.0. The van der Waals surface area contributed by atoms with Crippen molar-refractivity contribution in [1.82, 2.24) is 15.6 Å². The van der Waals surface area contributed by atoms with Gasteiger partial charge in [0.2, 0.25) is 0 Å². The van der Waals surface area contributed by atoms with Crippen molar-refractivity contribution >= 4 is 45.6 Å². The first-order valence-corrected chi connectivity index (χ1v) is 10.1. The van der Waals surface area contributed by atoms with Crippen molar-refractivity contribution in [2.45, 2.75) is 32.9 Å². The van der Waals surface area contributed by atoms with Crippen molar-refractivity contribution in [3.05, 3.63) is 23.9 Å². The molecule has 0 aliphatic carbocycles. The summed E-state index contributed by atoms with van der Waals surface area (Å²) in [6.07, 6.45) is 3.57. The highest BCUT2D eigenvalue weighted by Gasteiger charge is 2.09. The van der Waals surface area contributed by atoms with E-state index in [1.54, 1.807) is 6.20 Å². The van der Waals surface area contributed by atoms with Crippen LogP contribution in [0.1, 0.15) is 25.8 Å². The van der Waals surface area contributed by atoms with Crippen LogP contribution < -0.4 is 15.5 Å². The minimum Gasteiger partial charge on any atom is -0.363 e. The Labute approximate surface area is 168 Å². The molecule has 0 saturated heterocycles. The molecule has 1 heterocycles. The lowest BCUT2D eigenvalue weighted by molar-refractivity contribution is 0.581. The van der Waals surface area contributed by atoms with Gasteiger partial charge in [-0.1, -0.05) is 0 Å². The van der Waals surface area contributed by atoms with E-state index >= 15 is 0 Å². The van der Waals surface area contributed by atoms with E-state index in [9.17, 15) is 8.42 Å². The molecule has 0 aliphatic rings. The van der Waals surface area contributed by atoms with Gasteiger partial charge in [-0.05, 0) is 38.0 Å². The van der Waals surface area contributed by atoms with E-state index in [2.05, 4.69) is 20.6 Å². The van der Waals surface area contributed by atoms with Crippen molar-refractivity contribution in [3.8, 4) is 0 Å². The third-order valence-corrected chi connectivity index (χ3v) is 4.31. The van der Waals surface area contributed by atoms with E-state index < -0.39 is 9.84 Å². The predicted molar refractivity (Wildman–Crippen MR) is 116 cm³/mol. The predicted octanol–water partition coefficient (Wildman–Crippen LogP) is 1.64. The number of halogens is 1. The van der Waals surface area contributed by atoms with Crippen LogP contribution in [0.4, 0.5) is 5.82 Å². The van der Waals surface area contributed by atoms with Gasteiger partial charge >= 0.3 is 0 Å². The Morgan fingerprint density at radius 2 is 2.08 bits per heavy atom. The summed E-state index contributed by atoms with van der Waals surface area (Å²) in [6, 6.07) is 3.96. The number of sulfone groups is 1. The van der Waals surface area contributed by atoms with E-state index in [4.69, 9.17) is 0 Å². The molecule has 1 atom stereocenters. The van der Waals surface area contributed by atoms with Gasteiger partial charge in [-0.15, -0.1) is 24.0 Å². The number of anilines is 1. The molecule has 0 saturated carbocycles. The fraction of sp³-hybridized carbons (Fsp3) is 0.625. The second-order valence-corrected chi connectivity index (χ2v) is 8.34. The lowest BCUT2D eigenvalue weighted by atomic mass is 10.2. The molecule has 0 radical (unpaired) electrons. The number of pyridine rings is 1. The Hall–Kier alpha value is -1.10. The molecule has 7 nitrogen and oxygen atoms in total. The molecule has 9 heteroatoms. The van der Waals surface area contributed by atoms with Gasteiger partial charge in [-0.3, -0.25) is 0 Å². The van der Waals surface area contributed by atoms with Crippen LogP contribution in [0.25, 0.3) is 0 Å². The van der Waals surface area contributed by atoms with Crippen molar-refractivity contribution in [2.24, 2.45) is 4.99 Å². The van der Waals surface area contributed by atoms with E-state index in [-0.39, 0.29) is 35.8 Å². The van der Waals surface area contributed by atoms with E-state index in [1.807, 2.05) is 45.0 Å². The summed E-state index contributed by atoms with van der Waals surface area (Å²) in [6.45, 7) is 5.21. The number of nitrogens with one attached hydrogen (secondary N) is 2. The van der Waals surface area contributed by atoms with Crippen LogP contribution in [-0.4, -0.2) is 58.1 Å². The maximum Gasteiger partial charge on any atom is 0.191 e. The smallest absolute Gasteiger partial charge is 0.191 e. The van der Waals surface area contributed by atoms with Crippen molar-refractivity contribution < 1.29 is 8.42 Å². The zero-order chi connectivity index (χ0) is 18.2. The van der Waals surface area contributed by atoms with Crippen LogP contribution in [-0.2, 0) is 16.4 Å². The lowest BCUT2D eigenvalue weighted by Crippen LogP contribution is -2.42. The fourth-order valence-electron chi connectivity index (χ4n) is 1.99. The number of nitrogens with zero attached hydrogens (tertiary/aromatic N) is 3. The lowest BCUT2D eigenvalue weighted by Gasteiger charge is -2.17. The Balaban J connectivity index is 0.00000576. The first kappa shape index (κ1) is 23.9. The van der Waals surface area contributed by atoms with Gasteiger partial charge in [0.15, 0.2) is 5.96 Å². The second-order valence-electron chi connectivity index (χ2n) is 6.08. The minimum atomic E-state index is -2.95. The third kappa shape index (κ3) is 10.5. The molecular formula is C16H30IN5O2S. The first-order valence-electron chi connectivity index (χ1n) is 8.06. The molecule has 2 N–H and O–H groups in total. The molecule has 1 aromatic heterocycles. The molecule has 0 bridgehead atoms. The number of rotatable bonds is 8. The first-order chi connectivity index (χ1) is 11.2. The van der Waals surface area contributed by atoms with Gasteiger partial charge in [0, 0.05) is 39.1 Å². The summed E-state index contributed by atoms with van der Waals surface area (Å²) in [7, 11) is 0.950. The number of guanidine groups is 1. The maximum atomic E-state index is 11.3. The Morgan fingerprint density at radius 1 is 1.40 bits per heavy atom. The minimum absolute atomic E-state index is 0. The summed E-state index contributed by atoms with van der Waals surface area (Å²) in [5, 5.41) is 6.43. The Morgan fingerprint density at radius 3 is 2.64 bits per heavy atom. The summed E-state index contributed by atoms with van der Waals surface area (Å²) >= 11 is 0. The highest BCUT2D eigenvalue weighted by Crippen LogP contribution is 2.10. The SMILES string of the molecule is CCNC(=NCc1ccnc(N(C)C)c1)NC(C)CCS(C)(=O)=O.I. The topological polar surface area (TPSA) is 86.7 Å². The summed E-state index contributed by atoms with van der Waals surface area (Å²) in [5.74, 6) is 1.74. The maximum absolute atomic E-state index is 11.3. The number of aromatic nitrogens is 1. The van der Waals surface area contributed by atoms with Gasteiger partial charge in [0.05, 0.1) is 12.3 Å². The average molecular weight is 483 g/mol. The molecule has 1 aromatic rings. The molecule has 0 aliphatic heterocycles. The summed E-state index contributed by atoms with van der Waals surface area (Å²) in [4.78, 5) is 10.8. The molecule has 144 valence electrons. The van der Waals surface area contributed by atoms with Gasteiger partial charge in [0.25, 0.3) is 0 Å². The molecule has 0 fully saturated rings. The van der Waals surface area contributed by atoms with E-state index in [1.165, 1.54) is 6.26 Å². The van der Waals surface area contributed by atoms with Crippen LogP contribution in [0.3, 0.4) is 0 Å². The third-order valence-electron chi connectivity index (χ3n) is 3.34. The number of aliphatic imine (C=N–C) groups is 1. The highest BCUT2D eigenvalue weighted by molar-refractivity contribution is 14.0. The van der Waals surface area contributed by atoms with Gasteiger partial charge in [-0.25, -0.2) is 18.4 Å². The van der Waals surface area contributed by atoms with Crippen LogP contribution in [0.15, 0.2) is 23.3 Å². The monoisotopic (exact) mass is 483 g/mol. The second kappa shape index (κ2) is 11.5. The quantitative estimate of drug-likeness (QED) is 0.332. The van der Waals surface area contributed by atoms with E-state index in [0.29, 0.717) is 18.9 Å². The van der Waals surface area contributed by atoms with Crippen LogP contribution in [0.5, 0.6) is 0 Å². The standard InChI is InChI=1S/C16H29N5O2S.HI/c1-6-17-16(20-13(2)8-10-24(5,22)23)19-12-14-7-9-18-15(11-14)21(3)4;/h7,9,11,13H,6,8,10,12H2,1-5H3,(H2,17,19,20);1H. The van der Waals surface area contributed by atoms with Crippen molar-refractivity contribution in [3.63, 3.8) is 0 Å². The molecule has 0 spiro atoms. The summed E-state index contributed by atoms with van der Waals surface area (Å²) < 4.78 is 22.5.